The van der Waals surface area contributed by atoms with Crippen molar-refractivity contribution in [1.82, 2.24) is 15.5 Å². The number of rotatable bonds is 9. The van der Waals surface area contributed by atoms with Crippen LogP contribution in [0.15, 0.2) is 53.3 Å². The van der Waals surface area contributed by atoms with Crippen LogP contribution in [0.4, 0.5) is 5.82 Å². The number of ether oxygens (including phenoxy) is 1. The molecule has 1 amide bonds. The van der Waals surface area contributed by atoms with Crippen molar-refractivity contribution in [3.05, 3.63) is 64.4 Å². The third-order valence-electron chi connectivity index (χ3n) is 5.01. The van der Waals surface area contributed by atoms with Crippen LogP contribution in [0, 0.1) is 5.41 Å². The van der Waals surface area contributed by atoms with Gasteiger partial charge in [-0.25, -0.2) is 5.10 Å². The first kappa shape index (κ1) is 21.4. The number of anilines is 1. The number of hydrogen-bond acceptors (Lipinski definition) is 5. The molecule has 0 aliphatic heterocycles. The highest BCUT2D eigenvalue weighted by molar-refractivity contribution is 5.90. The summed E-state index contributed by atoms with van der Waals surface area (Å²) in [6.45, 7) is 5.23. The van der Waals surface area contributed by atoms with E-state index in [-0.39, 0.29) is 16.9 Å². The minimum Gasteiger partial charge on any atom is -0.496 e. The molecule has 2 aromatic carbocycles. The molecule has 0 radical (unpaired) electrons. The van der Waals surface area contributed by atoms with Gasteiger partial charge in [-0.05, 0) is 29.5 Å². The number of benzene rings is 2. The lowest BCUT2D eigenvalue weighted by atomic mass is 9.93. The summed E-state index contributed by atoms with van der Waals surface area (Å²) in [7, 11) is 1.63. The zero-order chi connectivity index (χ0) is 21.6. The third kappa shape index (κ3) is 5.37. The van der Waals surface area contributed by atoms with Crippen molar-refractivity contribution in [3.63, 3.8) is 0 Å². The molecule has 0 fully saturated rings. The first-order valence-corrected chi connectivity index (χ1v) is 9.99. The molecule has 3 N–H and O–H groups in total. The van der Waals surface area contributed by atoms with Gasteiger partial charge in [-0.15, -0.1) is 0 Å². The third-order valence-corrected chi connectivity index (χ3v) is 5.01. The SMILES string of the molecule is COc1ccccc1CCC(=O)NCC(C)(C)CNc1n[nH]c(=O)c2ccccc12. The summed E-state index contributed by atoms with van der Waals surface area (Å²) in [6, 6.07) is 15.1. The van der Waals surface area contributed by atoms with Gasteiger partial charge in [0.15, 0.2) is 5.82 Å². The highest BCUT2D eigenvalue weighted by Crippen LogP contribution is 2.21. The van der Waals surface area contributed by atoms with Crippen molar-refractivity contribution in [2.24, 2.45) is 5.41 Å². The second kappa shape index (κ2) is 9.43. The molecule has 0 saturated carbocycles. The molecule has 0 saturated heterocycles. The van der Waals surface area contributed by atoms with E-state index in [2.05, 4.69) is 34.7 Å². The average Bonchev–Trinajstić information content (AvgIpc) is 2.76. The normalized spacial score (nSPS) is 11.3. The van der Waals surface area contributed by atoms with Gasteiger partial charge in [-0.2, -0.15) is 5.10 Å². The van der Waals surface area contributed by atoms with E-state index < -0.39 is 0 Å². The second-order valence-corrected chi connectivity index (χ2v) is 8.05. The number of fused-ring (bicyclic) bond motifs is 1. The number of nitrogens with zero attached hydrogens (tertiary/aromatic N) is 1. The van der Waals surface area contributed by atoms with Crippen LogP contribution in [0.2, 0.25) is 0 Å². The van der Waals surface area contributed by atoms with Gasteiger partial charge in [0, 0.05) is 24.9 Å². The lowest BCUT2D eigenvalue weighted by Crippen LogP contribution is -2.38. The fourth-order valence-electron chi connectivity index (χ4n) is 3.22. The summed E-state index contributed by atoms with van der Waals surface area (Å²) in [5.74, 6) is 1.43. The van der Waals surface area contributed by atoms with E-state index in [1.165, 1.54) is 0 Å². The number of aromatic nitrogens is 2. The number of para-hydroxylation sites is 1. The number of hydrogen-bond donors (Lipinski definition) is 3. The van der Waals surface area contributed by atoms with Gasteiger partial charge in [-0.1, -0.05) is 50.2 Å². The highest BCUT2D eigenvalue weighted by Gasteiger charge is 2.20. The fraction of sp³-hybridized carbons (Fsp3) is 0.348. The molecule has 7 nitrogen and oxygen atoms in total. The molecular weight excluding hydrogens is 380 g/mol. The largest absolute Gasteiger partial charge is 0.496 e. The number of aryl methyl sites for hydroxylation is 1. The molecular formula is C23H28N4O3. The van der Waals surface area contributed by atoms with Crippen LogP contribution in [-0.2, 0) is 11.2 Å². The van der Waals surface area contributed by atoms with Gasteiger partial charge in [0.1, 0.15) is 5.75 Å². The van der Waals surface area contributed by atoms with E-state index >= 15 is 0 Å². The number of methoxy groups -OCH3 is 1. The molecule has 3 aromatic rings. The molecule has 158 valence electrons. The zero-order valence-corrected chi connectivity index (χ0v) is 17.6. The molecule has 0 unspecified atom stereocenters. The number of carbonyl (C=O) groups is 1. The van der Waals surface area contributed by atoms with Crippen LogP contribution in [-0.4, -0.2) is 36.3 Å². The number of carbonyl (C=O) groups excluding carboxylic acids is 1. The van der Waals surface area contributed by atoms with Crippen LogP contribution in [0.3, 0.4) is 0 Å². The molecule has 3 rings (SSSR count). The lowest BCUT2D eigenvalue weighted by molar-refractivity contribution is -0.121. The van der Waals surface area contributed by atoms with Gasteiger partial charge in [0.2, 0.25) is 5.91 Å². The summed E-state index contributed by atoms with van der Waals surface area (Å²) in [4.78, 5) is 24.2. The number of amides is 1. The van der Waals surface area contributed by atoms with Gasteiger partial charge in [0.25, 0.3) is 5.56 Å². The Labute approximate surface area is 175 Å². The van der Waals surface area contributed by atoms with Gasteiger partial charge < -0.3 is 15.4 Å². The molecule has 0 atom stereocenters. The van der Waals surface area contributed by atoms with E-state index in [1.807, 2.05) is 42.5 Å². The Morgan fingerprint density at radius 2 is 1.77 bits per heavy atom. The summed E-state index contributed by atoms with van der Waals surface area (Å²) in [5.41, 5.74) is 0.601. The van der Waals surface area contributed by atoms with Crippen LogP contribution >= 0.6 is 0 Å². The molecule has 0 bridgehead atoms. The van der Waals surface area contributed by atoms with E-state index in [0.717, 1.165) is 16.7 Å². The topological polar surface area (TPSA) is 96.1 Å². The van der Waals surface area contributed by atoms with Crippen molar-refractivity contribution in [2.45, 2.75) is 26.7 Å². The molecule has 7 heteroatoms. The van der Waals surface area contributed by atoms with Gasteiger partial charge in [-0.3, -0.25) is 9.59 Å². The van der Waals surface area contributed by atoms with Crippen molar-refractivity contribution in [1.29, 1.82) is 0 Å². The maximum Gasteiger partial charge on any atom is 0.272 e. The predicted octanol–water partition coefficient (Wildman–Crippen LogP) is 3.12. The second-order valence-electron chi connectivity index (χ2n) is 8.05. The number of nitrogens with one attached hydrogen (secondary N) is 3. The maximum absolute atomic E-state index is 12.3. The maximum atomic E-state index is 12.3. The smallest absolute Gasteiger partial charge is 0.272 e. The summed E-state index contributed by atoms with van der Waals surface area (Å²) < 4.78 is 5.34. The Morgan fingerprint density at radius 1 is 1.07 bits per heavy atom. The van der Waals surface area contributed by atoms with Crippen LogP contribution in [0.5, 0.6) is 5.75 Å². The van der Waals surface area contributed by atoms with Crippen molar-refractivity contribution in [3.8, 4) is 5.75 Å². The minimum atomic E-state index is -0.210. The number of H-pyrrole nitrogens is 1. The van der Waals surface area contributed by atoms with Crippen molar-refractivity contribution in [2.75, 3.05) is 25.5 Å². The molecule has 1 heterocycles. The lowest BCUT2D eigenvalue weighted by Gasteiger charge is -2.26. The monoisotopic (exact) mass is 408 g/mol. The molecule has 1 aromatic heterocycles. The quantitative estimate of drug-likeness (QED) is 0.506. The number of aromatic amines is 1. The van der Waals surface area contributed by atoms with E-state index in [9.17, 15) is 9.59 Å². The summed E-state index contributed by atoms with van der Waals surface area (Å²) in [6.07, 6.45) is 1.03. The Balaban J connectivity index is 1.52. The van der Waals surface area contributed by atoms with Crippen molar-refractivity contribution >= 4 is 22.5 Å². The average molecular weight is 409 g/mol. The molecule has 0 spiro atoms. The van der Waals surface area contributed by atoms with Crippen LogP contribution in [0.25, 0.3) is 10.8 Å². The minimum absolute atomic E-state index is 0.00148. The van der Waals surface area contributed by atoms with E-state index in [0.29, 0.717) is 37.1 Å². The molecule has 0 aliphatic rings. The first-order valence-electron chi connectivity index (χ1n) is 9.99. The van der Waals surface area contributed by atoms with E-state index in [1.54, 1.807) is 13.2 Å². The fourth-order valence-corrected chi connectivity index (χ4v) is 3.22. The summed E-state index contributed by atoms with van der Waals surface area (Å²) in [5, 5.41) is 14.3. The van der Waals surface area contributed by atoms with Gasteiger partial charge in [0.05, 0.1) is 12.5 Å². The van der Waals surface area contributed by atoms with Crippen molar-refractivity contribution < 1.29 is 9.53 Å². The highest BCUT2D eigenvalue weighted by atomic mass is 16.5. The molecule has 0 aliphatic carbocycles. The van der Waals surface area contributed by atoms with E-state index in [4.69, 9.17) is 4.74 Å². The Morgan fingerprint density at radius 3 is 2.53 bits per heavy atom. The predicted molar refractivity (Wildman–Crippen MR) is 119 cm³/mol. The Hall–Kier alpha value is -3.35. The Bertz CT molecular complexity index is 1080. The zero-order valence-electron chi connectivity index (χ0n) is 17.6. The summed E-state index contributed by atoms with van der Waals surface area (Å²) >= 11 is 0. The molecule has 30 heavy (non-hydrogen) atoms. The van der Waals surface area contributed by atoms with Crippen LogP contribution in [0.1, 0.15) is 25.8 Å². The standard InChI is InChI=1S/C23H28N4O3/c1-23(2,14-24-20(28)13-12-16-8-4-7-11-19(16)30-3)15-25-21-17-9-5-6-10-18(17)22(29)27-26-21/h4-11H,12-15H2,1-3H3,(H,24,28)(H,25,26)(H,27,29). The first-order chi connectivity index (χ1) is 14.4. The Kier molecular flexibility index (Phi) is 6.72. The van der Waals surface area contributed by atoms with Crippen LogP contribution < -0.4 is 20.9 Å². The van der Waals surface area contributed by atoms with Gasteiger partial charge >= 0.3 is 0 Å².